The molecule has 1 aromatic carbocycles. The van der Waals surface area contributed by atoms with E-state index >= 15 is 0 Å². The van der Waals surface area contributed by atoms with E-state index < -0.39 is 0 Å². The molecule has 26 heavy (non-hydrogen) atoms. The molecule has 3 rings (SSSR count). The predicted molar refractivity (Wildman–Crippen MR) is 96.5 cm³/mol. The van der Waals surface area contributed by atoms with E-state index in [0.717, 1.165) is 6.42 Å². The van der Waals surface area contributed by atoms with Crippen molar-refractivity contribution in [1.82, 2.24) is 10.3 Å². The lowest BCUT2D eigenvalue weighted by atomic mass is 10.2. The van der Waals surface area contributed by atoms with Crippen LogP contribution in [0.5, 0.6) is 11.6 Å². The van der Waals surface area contributed by atoms with Crippen molar-refractivity contribution < 1.29 is 19.1 Å². The maximum atomic E-state index is 13.0. The minimum atomic E-state index is -0.317. The summed E-state index contributed by atoms with van der Waals surface area (Å²) in [6, 6.07) is 10.4. The monoisotopic (exact) mass is 355 g/mol. The normalized spacial score (nSPS) is 12.7. The molecule has 0 unspecified atom stereocenters. The number of pyridine rings is 1. The Morgan fingerprint density at radius 3 is 2.96 bits per heavy atom. The first kappa shape index (κ1) is 17.9. The van der Waals surface area contributed by atoms with Crippen molar-refractivity contribution >= 4 is 17.5 Å². The SMILES string of the molecule is CCOCCCNC(=O)CN1C(=O)c2cccnc2Oc2ccccc21. The van der Waals surface area contributed by atoms with Crippen molar-refractivity contribution in [2.24, 2.45) is 0 Å². The number of hydrogen-bond donors (Lipinski definition) is 1. The number of amides is 2. The molecule has 0 aliphatic carbocycles. The molecule has 1 N–H and O–H groups in total. The van der Waals surface area contributed by atoms with Gasteiger partial charge in [0.1, 0.15) is 12.1 Å². The number of anilines is 1. The standard InChI is InChI=1S/C19H21N3O4/c1-2-25-12-6-11-20-17(23)13-22-15-8-3-4-9-16(15)26-18-14(19(22)24)7-5-10-21-18/h3-5,7-10H,2,6,11-13H2,1H3,(H,20,23). The maximum Gasteiger partial charge on any atom is 0.264 e. The minimum Gasteiger partial charge on any atom is -0.436 e. The highest BCUT2D eigenvalue weighted by atomic mass is 16.5. The van der Waals surface area contributed by atoms with E-state index in [2.05, 4.69) is 10.3 Å². The fourth-order valence-electron chi connectivity index (χ4n) is 2.66. The lowest BCUT2D eigenvalue weighted by molar-refractivity contribution is -0.119. The van der Waals surface area contributed by atoms with Crippen LogP contribution in [-0.2, 0) is 9.53 Å². The summed E-state index contributed by atoms with van der Waals surface area (Å²) in [5, 5.41) is 2.82. The van der Waals surface area contributed by atoms with Crippen molar-refractivity contribution in [2.45, 2.75) is 13.3 Å². The number of aromatic nitrogens is 1. The second kappa shape index (κ2) is 8.44. The van der Waals surface area contributed by atoms with Crippen molar-refractivity contribution in [3.8, 4) is 11.6 Å². The lowest BCUT2D eigenvalue weighted by Crippen LogP contribution is -2.41. The van der Waals surface area contributed by atoms with Gasteiger partial charge in [-0.2, -0.15) is 0 Å². The van der Waals surface area contributed by atoms with Gasteiger partial charge in [-0.25, -0.2) is 4.98 Å². The van der Waals surface area contributed by atoms with Gasteiger partial charge in [0.2, 0.25) is 11.8 Å². The Hall–Kier alpha value is -2.93. The van der Waals surface area contributed by atoms with Crippen LogP contribution >= 0.6 is 0 Å². The third-order valence-corrected chi connectivity index (χ3v) is 3.90. The average Bonchev–Trinajstić information content (AvgIpc) is 2.77. The van der Waals surface area contributed by atoms with Gasteiger partial charge in [0, 0.05) is 26.0 Å². The molecule has 0 atom stereocenters. The van der Waals surface area contributed by atoms with Gasteiger partial charge in [-0.15, -0.1) is 0 Å². The largest absolute Gasteiger partial charge is 0.436 e. The van der Waals surface area contributed by atoms with Crippen molar-refractivity contribution in [2.75, 3.05) is 31.2 Å². The first-order valence-electron chi connectivity index (χ1n) is 8.59. The highest BCUT2D eigenvalue weighted by Crippen LogP contribution is 2.37. The summed E-state index contributed by atoms with van der Waals surface area (Å²) in [4.78, 5) is 30.8. The van der Waals surface area contributed by atoms with Gasteiger partial charge in [-0.3, -0.25) is 14.5 Å². The van der Waals surface area contributed by atoms with E-state index in [1.54, 1.807) is 36.5 Å². The van der Waals surface area contributed by atoms with Gasteiger partial charge < -0.3 is 14.8 Å². The third-order valence-electron chi connectivity index (χ3n) is 3.90. The van der Waals surface area contributed by atoms with Gasteiger partial charge in [0.25, 0.3) is 5.91 Å². The molecule has 0 fully saturated rings. The number of benzene rings is 1. The number of carbonyl (C=O) groups is 2. The Balaban J connectivity index is 1.77. The average molecular weight is 355 g/mol. The second-order valence-electron chi connectivity index (χ2n) is 5.72. The van der Waals surface area contributed by atoms with Crippen LogP contribution in [0.2, 0.25) is 0 Å². The summed E-state index contributed by atoms with van der Waals surface area (Å²) in [5.41, 5.74) is 0.868. The Morgan fingerprint density at radius 1 is 1.27 bits per heavy atom. The summed E-state index contributed by atoms with van der Waals surface area (Å²) < 4.78 is 11.0. The van der Waals surface area contributed by atoms with Gasteiger partial charge >= 0.3 is 0 Å². The molecule has 7 nitrogen and oxygen atoms in total. The van der Waals surface area contributed by atoms with Crippen LogP contribution in [0.3, 0.4) is 0 Å². The highest BCUT2D eigenvalue weighted by molar-refractivity contribution is 6.11. The predicted octanol–water partition coefficient (Wildman–Crippen LogP) is 2.38. The number of hydrogen-bond acceptors (Lipinski definition) is 5. The highest BCUT2D eigenvalue weighted by Gasteiger charge is 2.29. The number of rotatable bonds is 7. The minimum absolute atomic E-state index is 0.0951. The Kier molecular flexibility index (Phi) is 5.80. The molecule has 2 aromatic rings. The molecule has 2 heterocycles. The van der Waals surface area contributed by atoms with Gasteiger partial charge in [0.05, 0.1) is 5.69 Å². The second-order valence-corrected chi connectivity index (χ2v) is 5.72. The summed E-state index contributed by atoms with van der Waals surface area (Å²) in [7, 11) is 0. The van der Waals surface area contributed by atoms with Crippen molar-refractivity contribution in [3.05, 3.63) is 48.2 Å². The fourth-order valence-corrected chi connectivity index (χ4v) is 2.66. The van der Waals surface area contributed by atoms with Crippen LogP contribution in [0, 0.1) is 0 Å². The molecule has 0 saturated carbocycles. The first-order valence-corrected chi connectivity index (χ1v) is 8.59. The quantitative estimate of drug-likeness (QED) is 0.771. The summed E-state index contributed by atoms with van der Waals surface area (Å²) >= 11 is 0. The van der Waals surface area contributed by atoms with Crippen LogP contribution < -0.4 is 15.0 Å². The number of para-hydroxylation sites is 2. The van der Waals surface area contributed by atoms with E-state index in [4.69, 9.17) is 9.47 Å². The number of ether oxygens (including phenoxy) is 2. The van der Waals surface area contributed by atoms with Crippen LogP contribution in [0.1, 0.15) is 23.7 Å². The van der Waals surface area contributed by atoms with E-state index in [1.807, 2.05) is 13.0 Å². The maximum absolute atomic E-state index is 13.0. The van der Waals surface area contributed by atoms with Crippen molar-refractivity contribution in [1.29, 1.82) is 0 Å². The zero-order chi connectivity index (χ0) is 18.4. The first-order chi connectivity index (χ1) is 12.7. The number of nitrogens with one attached hydrogen (secondary N) is 1. The Bertz CT molecular complexity index is 794. The van der Waals surface area contributed by atoms with Crippen molar-refractivity contribution in [3.63, 3.8) is 0 Å². The van der Waals surface area contributed by atoms with E-state index in [1.165, 1.54) is 4.90 Å². The molecule has 1 aliphatic heterocycles. The van der Waals surface area contributed by atoms with Gasteiger partial charge in [-0.1, -0.05) is 12.1 Å². The van der Waals surface area contributed by atoms with Crippen LogP contribution in [0.15, 0.2) is 42.6 Å². The topological polar surface area (TPSA) is 80.8 Å². The van der Waals surface area contributed by atoms with Crippen LogP contribution in [-0.4, -0.2) is 43.1 Å². The smallest absolute Gasteiger partial charge is 0.264 e. The summed E-state index contributed by atoms with van der Waals surface area (Å²) in [5.74, 6) is 0.173. The summed E-state index contributed by atoms with van der Waals surface area (Å²) in [6.45, 7) is 3.57. The van der Waals surface area contributed by atoms with Crippen LogP contribution in [0.4, 0.5) is 5.69 Å². The van der Waals surface area contributed by atoms with E-state index in [0.29, 0.717) is 36.8 Å². The molecule has 0 radical (unpaired) electrons. The Labute approximate surface area is 151 Å². The lowest BCUT2D eigenvalue weighted by Gasteiger charge is -2.21. The number of carbonyl (C=O) groups excluding carboxylic acids is 2. The molecule has 1 aliphatic rings. The molecule has 2 amide bonds. The fraction of sp³-hybridized carbons (Fsp3) is 0.316. The molecular weight excluding hydrogens is 334 g/mol. The summed E-state index contributed by atoms with van der Waals surface area (Å²) in [6.07, 6.45) is 2.29. The van der Waals surface area contributed by atoms with Gasteiger partial charge in [0.15, 0.2) is 5.75 Å². The van der Waals surface area contributed by atoms with E-state index in [9.17, 15) is 9.59 Å². The molecule has 136 valence electrons. The number of nitrogens with zero attached hydrogens (tertiary/aromatic N) is 2. The van der Waals surface area contributed by atoms with Crippen LogP contribution in [0.25, 0.3) is 0 Å². The molecule has 1 aromatic heterocycles. The molecule has 0 bridgehead atoms. The zero-order valence-electron chi connectivity index (χ0n) is 14.6. The third kappa shape index (κ3) is 4.00. The molecule has 7 heteroatoms. The molecular formula is C19H21N3O4. The van der Waals surface area contributed by atoms with Gasteiger partial charge in [-0.05, 0) is 37.6 Å². The number of fused-ring (bicyclic) bond motifs is 2. The van der Waals surface area contributed by atoms with E-state index in [-0.39, 0.29) is 24.2 Å². The zero-order valence-corrected chi connectivity index (χ0v) is 14.6. The molecule has 0 saturated heterocycles. The Morgan fingerprint density at radius 2 is 2.12 bits per heavy atom. The molecule has 0 spiro atoms.